The Labute approximate surface area is 144 Å². The fraction of sp³-hybridized carbons (Fsp3) is 0.333. The molecule has 0 fully saturated rings. The Balaban J connectivity index is 2.29. The van der Waals surface area contributed by atoms with Crippen LogP contribution in [0.4, 0.5) is 4.79 Å². The summed E-state index contributed by atoms with van der Waals surface area (Å²) in [6.45, 7) is 5.35. The lowest BCUT2D eigenvalue weighted by atomic mass is 10.1. The van der Waals surface area contributed by atoms with Gasteiger partial charge < -0.3 is 4.74 Å². The maximum Gasteiger partial charge on any atom is 0.366 e. The molecule has 0 saturated carbocycles. The van der Waals surface area contributed by atoms with Crippen LogP contribution >= 0.6 is 11.6 Å². The van der Waals surface area contributed by atoms with E-state index in [9.17, 15) is 9.59 Å². The maximum absolute atomic E-state index is 12.9. The minimum Gasteiger partial charge on any atom is -0.496 e. The highest BCUT2D eigenvalue weighted by Crippen LogP contribution is 2.26. The molecule has 1 aliphatic rings. The van der Waals surface area contributed by atoms with E-state index in [2.05, 4.69) is 10.9 Å². The topological polar surface area (TPSA) is 83.1 Å². The molecule has 0 radical (unpaired) electrons. The number of methoxy groups -OCH3 is 1. The number of rotatable bonds is 2. The van der Waals surface area contributed by atoms with Gasteiger partial charge in [0.15, 0.2) is 0 Å². The third-order valence-corrected chi connectivity index (χ3v) is 3.34. The molecule has 0 bridgehead atoms. The number of ether oxygens (including phenoxy) is 1. The number of nitrogens with one attached hydrogen (secondary N) is 2. The average molecular weight is 355 g/mol. The predicted molar refractivity (Wildman–Crippen MR) is 87.7 cm³/mol. The van der Waals surface area contributed by atoms with E-state index in [1.807, 2.05) is 0 Å². The zero-order valence-corrected chi connectivity index (χ0v) is 14.5. The van der Waals surface area contributed by atoms with Crippen LogP contribution in [-0.2, 0) is 4.94 Å². The molecule has 130 valence electrons. The van der Waals surface area contributed by atoms with Crippen LogP contribution in [0.1, 0.15) is 31.1 Å². The van der Waals surface area contributed by atoms with Gasteiger partial charge in [-0.15, -0.1) is 10.0 Å². The van der Waals surface area contributed by atoms with E-state index < -0.39 is 17.5 Å². The number of carbonyl (C=O) groups excluding carboxylic acids is 2. The molecule has 0 saturated heterocycles. The number of nitrogens with zero attached hydrogens (tertiary/aromatic N) is 2. The fourth-order valence-corrected chi connectivity index (χ4v) is 2.12. The van der Waals surface area contributed by atoms with Gasteiger partial charge in [0.1, 0.15) is 5.75 Å². The SMILES string of the molecule is COc1cc(Cl)ccc1C(=O)N(NC(=O)N1C=CNO1)C(C)(C)C. The van der Waals surface area contributed by atoms with E-state index in [0.717, 1.165) is 5.06 Å². The standard InChI is InChI=1S/C15H19ClN4O4/c1-15(2,3)20(18-14(22)19-8-7-17-24-19)13(21)11-6-5-10(16)9-12(11)23-4/h5-9,17H,1-4H3,(H,18,22). The summed E-state index contributed by atoms with van der Waals surface area (Å²) in [5.41, 5.74) is 4.50. The summed E-state index contributed by atoms with van der Waals surface area (Å²) in [5.74, 6) is -0.129. The number of hydroxylamine groups is 3. The van der Waals surface area contributed by atoms with E-state index in [4.69, 9.17) is 21.3 Å². The van der Waals surface area contributed by atoms with Gasteiger partial charge in [-0.05, 0) is 39.0 Å². The minimum atomic E-state index is -0.700. The molecule has 9 heteroatoms. The van der Waals surface area contributed by atoms with Crippen molar-refractivity contribution in [2.75, 3.05) is 7.11 Å². The van der Waals surface area contributed by atoms with Gasteiger partial charge in [0.05, 0.1) is 24.4 Å². The Kier molecular flexibility index (Phi) is 5.20. The number of halogens is 1. The highest BCUT2D eigenvalue weighted by molar-refractivity contribution is 6.30. The molecule has 2 rings (SSSR count). The van der Waals surface area contributed by atoms with Crippen LogP contribution in [-0.4, -0.2) is 34.7 Å². The molecule has 0 aromatic heterocycles. The summed E-state index contributed by atoms with van der Waals surface area (Å²) in [5, 5.41) is 2.57. The number of hydrazine groups is 1. The van der Waals surface area contributed by atoms with Crippen molar-refractivity contribution in [1.29, 1.82) is 0 Å². The van der Waals surface area contributed by atoms with Gasteiger partial charge in [0.25, 0.3) is 5.91 Å². The van der Waals surface area contributed by atoms with Gasteiger partial charge in [-0.3, -0.25) is 4.79 Å². The second-order valence-electron chi connectivity index (χ2n) is 5.92. The van der Waals surface area contributed by atoms with Crippen LogP contribution in [0.2, 0.25) is 5.02 Å². The van der Waals surface area contributed by atoms with Gasteiger partial charge in [0.2, 0.25) is 0 Å². The van der Waals surface area contributed by atoms with Gasteiger partial charge >= 0.3 is 6.03 Å². The van der Waals surface area contributed by atoms with Crippen molar-refractivity contribution in [1.82, 2.24) is 21.0 Å². The lowest BCUT2D eigenvalue weighted by Crippen LogP contribution is -2.58. The lowest BCUT2D eigenvalue weighted by Gasteiger charge is -2.36. The number of hydrogen-bond donors (Lipinski definition) is 2. The third kappa shape index (κ3) is 3.90. The monoisotopic (exact) mass is 354 g/mol. The number of carbonyl (C=O) groups is 2. The van der Waals surface area contributed by atoms with Gasteiger partial charge in [-0.2, -0.15) is 0 Å². The van der Waals surface area contributed by atoms with Crippen LogP contribution in [0.5, 0.6) is 5.75 Å². The molecule has 0 spiro atoms. The number of hydrogen-bond acceptors (Lipinski definition) is 5. The first-order chi connectivity index (χ1) is 11.2. The number of benzene rings is 1. The molecule has 2 N–H and O–H groups in total. The van der Waals surface area contributed by atoms with Gasteiger partial charge in [0, 0.05) is 11.2 Å². The third-order valence-electron chi connectivity index (χ3n) is 3.10. The Morgan fingerprint density at radius 2 is 2.08 bits per heavy atom. The first-order valence-electron chi connectivity index (χ1n) is 7.11. The first-order valence-corrected chi connectivity index (χ1v) is 7.49. The quantitative estimate of drug-likeness (QED) is 0.797. The molecule has 1 aromatic carbocycles. The van der Waals surface area contributed by atoms with E-state index in [1.54, 1.807) is 32.9 Å². The maximum atomic E-state index is 12.9. The van der Waals surface area contributed by atoms with Crippen LogP contribution < -0.4 is 15.6 Å². The molecule has 0 unspecified atom stereocenters. The molecule has 3 amide bonds. The Bertz CT molecular complexity index is 672. The molecule has 8 nitrogen and oxygen atoms in total. The second-order valence-corrected chi connectivity index (χ2v) is 6.36. The van der Waals surface area contributed by atoms with Gasteiger partial charge in [-0.25, -0.2) is 20.7 Å². The molecular formula is C15H19ClN4O4. The molecule has 1 aromatic rings. The zero-order valence-electron chi connectivity index (χ0n) is 13.8. The highest BCUT2D eigenvalue weighted by Gasteiger charge is 2.32. The minimum absolute atomic E-state index is 0.271. The normalized spacial score (nSPS) is 13.5. The van der Waals surface area contributed by atoms with Crippen molar-refractivity contribution in [3.63, 3.8) is 0 Å². The number of amides is 3. The average Bonchev–Trinajstić information content (AvgIpc) is 3.05. The summed E-state index contributed by atoms with van der Waals surface area (Å²) >= 11 is 5.93. The van der Waals surface area contributed by atoms with Gasteiger partial charge in [-0.1, -0.05) is 11.6 Å². The van der Waals surface area contributed by atoms with Crippen molar-refractivity contribution in [3.8, 4) is 5.75 Å². The molecule has 1 aliphatic heterocycles. The van der Waals surface area contributed by atoms with Crippen LogP contribution in [0, 0.1) is 0 Å². The number of urea groups is 1. The van der Waals surface area contributed by atoms with E-state index in [0.29, 0.717) is 10.8 Å². The van der Waals surface area contributed by atoms with Crippen molar-refractivity contribution in [2.24, 2.45) is 0 Å². The molecular weight excluding hydrogens is 336 g/mol. The second kappa shape index (κ2) is 6.98. The highest BCUT2D eigenvalue weighted by atomic mass is 35.5. The largest absolute Gasteiger partial charge is 0.496 e. The Morgan fingerprint density at radius 1 is 1.38 bits per heavy atom. The Hall–Kier alpha value is -2.45. The summed E-state index contributed by atoms with van der Waals surface area (Å²) in [4.78, 5) is 30.0. The smallest absolute Gasteiger partial charge is 0.366 e. The lowest BCUT2D eigenvalue weighted by molar-refractivity contribution is -0.109. The van der Waals surface area contributed by atoms with Crippen molar-refractivity contribution in [3.05, 3.63) is 41.2 Å². The van der Waals surface area contributed by atoms with E-state index in [1.165, 1.54) is 30.6 Å². The van der Waals surface area contributed by atoms with Crippen molar-refractivity contribution in [2.45, 2.75) is 26.3 Å². The predicted octanol–water partition coefficient (Wildman–Crippen LogP) is 2.44. The molecule has 0 aliphatic carbocycles. The summed E-state index contributed by atoms with van der Waals surface area (Å²) < 4.78 is 5.21. The molecule has 24 heavy (non-hydrogen) atoms. The van der Waals surface area contributed by atoms with Crippen molar-refractivity contribution >= 4 is 23.5 Å². The zero-order chi connectivity index (χ0) is 17.9. The molecule has 1 heterocycles. The summed E-state index contributed by atoms with van der Waals surface area (Å²) in [7, 11) is 1.44. The van der Waals surface area contributed by atoms with Crippen LogP contribution in [0.25, 0.3) is 0 Å². The Morgan fingerprint density at radius 3 is 2.62 bits per heavy atom. The van der Waals surface area contributed by atoms with Crippen LogP contribution in [0.3, 0.4) is 0 Å². The first kappa shape index (κ1) is 17.9. The van der Waals surface area contributed by atoms with Crippen LogP contribution in [0.15, 0.2) is 30.6 Å². The summed E-state index contributed by atoms with van der Waals surface area (Å²) in [6.07, 6.45) is 2.81. The summed E-state index contributed by atoms with van der Waals surface area (Å²) in [6, 6.07) is 4.03. The van der Waals surface area contributed by atoms with E-state index >= 15 is 0 Å². The van der Waals surface area contributed by atoms with Crippen molar-refractivity contribution < 1.29 is 19.3 Å². The van der Waals surface area contributed by atoms with E-state index in [-0.39, 0.29) is 5.56 Å². The fourth-order valence-electron chi connectivity index (χ4n) is 1.96. The molecule has 0 atom stereocenters.